The Kier molecular flexibility index (Phi) is 8.12. The fourth-order valence-electron chi connectivity index (χ4n) is 3.09. The predicted molar refractivity (Wildman–Crippen MR) is 109 cm³/mol. The summed E-state index contributed by atoms with van der Waals surface area (Å²) in [5.74, 6) is -1.85. The molecule has 0 spiro atoms. The molecule has 0 aromatic carbocycles. The Morgan fingerprint density at radius 2 is 1.86 bits per heavy atom. The van der Waals surface area contributed by atoms with E-state index in [1.807, 2.05) is 0 Å². The van der Waals surface area contributed by atoms with Crippen molar-refractivity contribution in [1.29, 1.82) is 0 Å². The van der Waals surface area contributed by atoms with Gasteiger partial charge in [-0.2, -0.15) is 0 Å². The van der Waals surface area contributed by atoms with E-state index >= 15 is 0 Å². The van der Waals surface area contributed by atoms with Crippen LogP contribution in [0.5, 0.6) is 0 Å². The van der Waals surface area contributed by atoms with Crippen LogP contribution in [-0.2, 0) is 30.2 Å². The van der Waals surface area contributed by atoms with Crippen LogP contribution in [0.25, 0.3) is 0 Å². The summed E-state index contributed by atoms with van der Waals surface area (Å²) in [5.41, 5.74) is 0. The second kappa shape index (κ2) is 10.3. The third-order valence-corrected chi connectivity index (χ3v) is 6.30. The summed E-state index contributed by atoms with van der Waals surface area (Å²) in [6.45, 7) is 8.87. The van der Waals surface area contributed by atoms with Gasteiger partial charge >= 0.3 is 0 Å². The van der Waals surface area contributed by atoms with Crippen molar-refractivity contribution in [3.8, 4) is 0 Å². The number of amides is 4. The van der Waals surface area contributed by atoms with E-state index in [1.165, 1.54) is 17.9 Å². The molecule has 2 rings (SSSR count). The Morgan fingerprint density at radius 3 is 2.45 bits per heavy atom. The minimum absolute atomic E-state index is 0.0192. The van der Waals surface area contributed by atoms with E-state index in [4.69, 9.17) is 0 Å². The van der Waals surface area contributed by atoms with Gasteiger partial charge in [0.25, 0.3) is 5.91 Å². The van der Waals surface area contributed by atoms with E-state index < -0.39 is 46.8 Å². The maximum Gasteiger partial charge on any atom is 0.254 e. The summed E-state index contributed by atoms with van der Waals surface area (Å²) < 4.78 is 14.4. The maximum absolute atomic E-state index is 12.8. The van der Waals surface area contributed by atoms with Crippen molar-refractivity contribution in [1.82, 2.24) is 20.3 Å². The molecule has 10 heteroatoms. The zero-order valence-electron chi connectivity index (χ0n) is 16.5. The van der Waals surface area contributed by atoms with Crippen molar-refractivity contribution in [2.24, 2.45) is 0 Å². The first kappa shape index (κ1) is 22.8. The Labute approximate surface area is 172 Å². The van der Waals surface area contributed by atoms with E-state index in [9.17, 15) is 23.4 Å². The lowest BCUT2D eigenvalue weighted by atomic mass is 10.1. The molecule has 4 amide bonds. The Morgan fingerprint density at radius 1 is 1.17 bits per heavy atom. The van der Waals surface area contributed by atoms with Crippen LogP contribution in [-0.4, -0.2) is 62.7 Å². The molecule has 29 heavy (non-hydrogen) atoms. The lowest BCUT2D eigenvalue weighted by Gasteiger charge is -2.28. The SMILES string of the molecule is C=CCC(NC(=O)C1CCCN1C(=O)C(C)NC(=O)C=C)C(=O)NS(=O)C1CC1. The van der Waals surface area contributed by atoms with Gasteiger partial charge in [0.1, 0.15) is 29.1 Å². The minimum atomic E-state index is -1.46. The standard InChI is InChI=1S/C19H28N4O5S/c1-4-7-14(17(25)22-29(28)13-9-10-13)21-18(26)15-8-6-11-23(15)19(27)12(3)20-16(24)5-2/h4-5,12-15H,1-2,6-11H2,3H3,(H,20,24)(H,21,26)(H,22,25). The molecule has 4 atom stereocenters. The van der Waals surface area contributed by atoms with E-state index in [1.54, 1.807) is 0 Å². The molecule has 1 saturated carbocycles. The van der Waals surface area contributed by atoms with Crippen LogP contribution in [0.3, 0.4) is 0 Å². The largest absolute Gasteiger partial charge is 0.342 e. The van der Waals surface area contributed by atoms with Crippen LogP contribution in [0, 0.1) is 0 Å². The zero-order valence-corrected chi connectivity index (χ0v) is 17.3. The van der Waals surface area contributed by atoms with Crippen LogP contribution in [0.15, 0.2) is 25.3 Å². The molecule has 4 unspecified atom stereocenters. The zero-order chi connectivity index (χ0) is 21.6. The summed E-state index contributed by atoms with van der Waals surface area (Å²) >= 11 is 0. The van der Waals surface area contributed by atoms with Gasteiger partial charge in [0.2, 0.25) is 17.7 Å². The van der Waals surface area contributed by atoms with Crippen molar-refractivity contribution >= 4 is 34.6 Å². The second-order valence-corrected chi connectivity index (χ2v) is 8.64. The first-order valence-electron chi connectivity index (χ1n) is 9.64. The van der Waals surface area contributed by atoms with Crippen molar-refractivity contribution in [2.75, 3.05) is 6.54 Å². The predicted octanol–water partition coefficient (Wildman–Crippen LogP) is -0.329. The highest BCUT2D eigenvalue weighted by Crippen LogP contribution is 2.25. The van der Waals surface area contributed by atoms with Gasteiger partial charge < -0.3 is 15.5 Å². The molecular formula is C19H28N4O5S. The molecule has 3 N–H and O–H groups in total. The number of likely N-dealkylation sites (tertiary alicyclic amines) is 1. The van der Waals surface area contributed by atoms with Crippen molar-refractivity contribution in [2.45, 2.75) is 62.4 Å². The summed E-state index contributed by atoms with van der Waals surface area (Å²) in [7, 11) is -1.46. The van der Waals surface area contributed by atoms with Crippen molar-refractivity contribution in [3.63, 3.8) is 0 Å². The Bertz CT molecular complexity index is 721. The molecule has 0 bridgehead atoms. The van der Waals surface area contributed by atoms with Gasteiger partial charge in [-0.15, -0.1) is 6.58 Å². The van der Waals surface area contributed by atoms with Gasteiger partial charge in [0.15, 0.2) is 0 Å². The quantitative estimate of drug-likeness (QED) is 0.327. The Balaban J connectivity index is 1.99. The van der Waals surface area contributed by atoms with E-state index in [2.05, 4.69) is 28.5 Å². The number of carbonyl (C=O) groups is 4. The van der Waals surface area contributed by atoms with Gasteiger partial charge in [-0.1, -0.05) is 12.7 Å². The third kappa shape index (κ3) is 6.25. The number of rotatable bonds is 10. The van der Waals surface area contributed by atoms with Crippen molar-refractivity contribution < 1.29 is 23.4 Å². The second-order valence-electron chi connectivity index (χ2n) is 7.17. The van der Waals surface area contributed by atoms with E-state index in [0.717, 1.165) is 18.9 Å². The topological polar surface area (TPSA) is 125 Å². The van der Waals surface area contributed by atoms with E-state index in [0.29, 0.717) is 19.4 Å². The monoisotopic (exact) mass is 424 g/mol. The number of hydrogen-bond acceptors (Lipinski definition) is 5. The highest BCUT2D eigenvalue weighted by molar-refractivity contribution is 7.84. The van der Waals surface area contributed by atoms with Crippen molar-refractivity contribution in [3.05, 3.63) is 25.3 Å². The molecule has 0 aromatic rings. The fraction of sp³-hybridized carbons (Fsp3) is 0.579. The van der Waals surface area contributed by atoms with Gasteiger partial charge in [-0.3, -0.25) is 23.9 Å². The fourth-order valence-corrected chi connectivity index (χ4v) is 4.16. The van der Waals surface area contributed by atoms with Gasteiger partial charge in [-0.05, 0) is 45.1 Å². The number of nitrogens with zero attached hydrogens (tertiary/aromatic N) is 1. The normalized spacial score (nSPS) is 21.4. The average Bonchev–Trinajstić information content (AvgIpc) is 3.43. The third-order valence-electron chi connectivity index (χ3n) is 4.82. The molecule has 160 valence electrons. The number of nitrogens with one attached hydrogen (secondary N) is 3. The molecule has 1 saturated heterocycles. The van der Waals surface area contributed by atoms with Crippen LogP contribution in [0.1, 0.15) is 39.0 Å². The molecule has 1 aliphatic heterocycles. The summed E-state index contributed by atoms with van der Waals surface area (Å²) in [5, 5.41) is 5.12. The lowest BCUT2D eigenvalue weighted by molar-refractivity contribution is -0.141. The minimum Gasteiger partial charge on any atom is -0.342 e. The van der Waals surface area contributed by atoms with Crippen LogP contribution >= 0.6 is 0 Å². The molecule has 1 aliphatic carbocycles. The van der Waals surface area contributed by atoms with Crippen LogP contribution in [0.2, 0.25) is 0 Å². The number of hydrogen-bond donors (Lipinski definition) is 3. The molecule has 2 aliphatic rings. The lowest BCUT2D eigenvalue weighted by Crippen LogP contribution is -2.55. The smallest absolute Gasteiger partial charge is 0.254 e. The van der Waals surface area contributed by atoms with Crippen LogP contribution in [0.4, 0.5) is 0 Å². The molecule has 0 aromatic heterocycles. The highest BCUT2D eigenvalue weighted by Gasteiger charge is 2.38. The maximum atomic E-state index is 12.8. The van der Waals surface area contributed by atoms with Crippen LogP contribution < -0.4 is 15.4 Å². The average molecular weight is 425 g/mol. The van der Waals surface area contributed by atoms with Gasteiger partial charge in [-0.25, -0.2) is 4.21 Å². The van der Waals surface area contributed by atoms with Gasteiger partial charge in [0, 0.05) is 6.54 Å². The first-order chi connectivity index (χ1) is 13.8. The number of carbonyl (C=O) groups excluding carboxylic acids is 4. The molecule has 9 nitrogen and oxygen atoms in total. The summed E-state index contributed by atoms with van der Waals surface area (Å²) in [6, 6.07) is -2.46. The van der Waals surface area contributed by atoms with Gasteiger partial charge in [0.05, 0.1) is 5.25 Å². The first-order valence-corrected chi connectivity index (χ1v) is 10.9. The molecule has 0 radical (unpaired) electrons. The molecule has 2 fully saturated rings. The molecule has 1 heterocycles. The van der Waals surface area contributed by atoms with E-state index in [-0.39, 0.29) is 17.6 Å². The molecular weight excluding hydrogens is 396 g/mol. The Hall–Kier alpha value is -2.49. The highest BCUT2D eigenvalue weighted by atomic mass is 32.2. The summed E-state index contributed by atoms with van der Waals surface area (Å²) in [6.07, 6.45) is 5.45. The summed E-state index contributed by atoms with van der Waals surface area (Å²) in [4.78, 5) is 50.7.